The Morgan fingerprint density at radius 3 is 2.50 bits per heavy atom. The Labute approximate surface area is 113 Å². The first-order valence-electron chi connectivity index (χ1n) is 4.61. The third-order valence-electron chi connectivity index (χ3n) is 1.93. The molecule has 1 aromatic rings. The van der Waals surface area contributed by atoms with E-state index in [0.717, 1.165) is 6.07 Å². The second-order valence-corrected chi connectivity index (χ2v) is 5.99. The van der Waals surface area contributed by atoms with Gasteiger partial charge in [-0.25, -0.2) is 21.9 Å². The molecule has 0 heterocycles. The predicted molar refractivity (Wildman–Crippen MR) is 63.7 cm³/mol. The molecule has 0 spiro atoms. The molecule has 0 radical (unpaired) electrons. The van der Waals surface area contributed by atoms with Crippen LogP contribution in [-0.4, -0.2) is 32.6 Å². The topological polar surface area (TPSA) is 66.4 Å². The molecule has 4 nitrogen and oxygen atoms in total. The van der Waals surface area contributed by atoms with Crippen LogP contribution in [0.25, 0.3) is 0 Å². The van der Waals surface area contributed by atoms with Crippen LogP contribution in [-0.2, 0) is 10.0 Å². The number of benzene rings is 1. The number of halogens is 4. The number of alkyl halides is 2. The zero-order valence-electron chi connectivity index (χ0n) is 8.83. The summed E-state index contributed by atoms with van der Waals surface area (Å²) in [5.74, 6) is -3.54. The van der Waals surface area contributed by atoms with Gasteiger partial charge in [0.15, 0.2) is 0 Å². The van der Waals surface area contributed by atoms with E-state index in [1.807, 2.05) is 0 Å². The van der Waals surface area contributed by atoms with Crippen molar-refractivity contribution in [2.24, 2.45) is 0 Å². The molecule has 0 saturated heterocycles. The van der Waals surface area contributed by atoms with Gasteiger partial charge in [-0.2, -0.15) is 0 Å². The molecule has 0 atom stereocenters. The molecule has 0 aliphatic heterocycles. The van der Waals surface area contributed by atoms with Gasteiger partial charge in [-0.3, -0.25) is 0 Å². The fourth-order valence-electron chi connectivity index (χ4n) is 1.02. The van der Waals surface area contributed by atoms with Crippen LogP contribution in [0, 0.1) is 0 Å². The van der Waals surface area contributed by atoms with Gasteiger partial charge in [0.1, 0.15) is 11.5 Å². The molecule has 0 saturated carbocycles. The lowest BCUT2D eigenvalue weighted by Gasteiger charge is -2.14. The SMILES string of the molecule is O=S(=O)(NCC(F)(F)CO)c1cc(Cl)ccc1Cl. The van der Waals surface area contributed by atoms with Crippen LogP contribution in [0.1, 0.15) is 0 Å². The van der Waals surface area contributed by atoms with Crippen molar-refractivity contribution >= 4 is 33.2 Å². The Kier molecular flexibility index (Phi) is 4.90. The predicted octanol–water partition coefficient (Wildman–Crippen LogP) is 1.90. The van der Waals surface area contributed by atoms with Crippen LogP contribution in [0.2, 0.25) is 10.0 Å². The van der Waals surface area contributed by atoms with E-state index in [1.54, 1.807) is 4.72 Å². The maximum Gasteiger partial charge on any atom is 0.283 e. The second kappa shape index (κ2) is 5.66. The molecule has 0 aliphatic carbocycles. The fraction of sp³-hybridized carbons (Fsp3) is 0.333. The molecule has 0 aliphatic rings. The number of aliphatic hydroxyl groups is 1. The molecule has 0 unspecified atom stereocenters. The zero-order valence-corrected chi connectivity index (χ0v) is 11.2. The summed E-state index contributed by atoms with van der Waals surface area (Å²) in [6, 6.07) is 3.65. The second-order valence-electron chi connectivity index (χ2n) is 3.41. The molecule has 0 fully saturated rings. The summed E-state index contributed by atoms with van der Waals surface area (Å²) in [5, 5.41) is 8.29. The lowest BCUT2D eigenvalue weighted by Crippen LogP contribution is -2.39. The Morgan fingerprint density at radius 2 is 1.94 bits per heavy atom. The van der Waals surface area contributed by atoms with E-state index < -0.39 is 34.0 Å². The molecular formula is C9H9Cl2F2NO3S. The zero-order chi connectivity index (χ0) is 14.0. The van der Waals surface area contributed by atoms with Gasteiger partial charge < -0.3 is 5.11 Å². The maximum atomic E-state index is 12.7. The summed E-state index contributed by atoms with van der Waals surface area (Å²) in [6.45, 7) is -2.69. The Morgan fingerprint density at radius 1 is 1.33 bits per heavy atom. The molecular weight excluding hydrogens is 311 g/mol. The van der Waals surface area contributed by atoms with Crippen molar-refractivity contribution in [3.05, 3.63) is 28.2 Å². The third-order valence-corrected chi connectivity index (χ3v) is 4.05. The minimum Gasteiger partial charge on any atom is -0.390 e. The number of rotatable bonds is 5. The van der Waals surface area contributed by atoms with E-state index in [-0.39, 0.29) is 10.0 Å². The lowest BCUT2D eigenvalue weighted by molar-refractivity contribution is -0.0437. The van der Waals surface area contributed by atoms with Crippen molar-refractivity contribution in [2.45, 2.75) is 10.8 Å². The van der Waals surface area contributed by atoms with E-state index >= 15 is 0 Å². The average Bonchev–Trinajstić information content (AvgIpc) is 2.30. The van der Waals surface area contributed by atoms with Gasteiger partial charge >= 0.3 is 0 Å². The number of hydrogen-bond acceptors (Lipinski definition) is 3. The van der Waals surface area contributed by atoms with Gasteiger partial charge in [-0.15, -0.1) is 0 Å². The first kappa shape index (κ1) is 15.6. The smallest absolute Gasteiger partial charge is 0.283 e. The molecule has 1 rings (SSSR count). The minimum absolute atomic E-state index is 0.105. The van der Waals surface area contributed by atoms with Crippen LogP contribution in [0.15, 0.2) is 23.1 Å². The molecule has 0 aromatic heterocycles. The lowest BCUT2D eigenvalue weighted by atomic mass is 10.4. The molecule has 0 bridgehead atoms. The summed E-state index contributed by atoms with van der Waals surface area (Å²) in [7, 11) is -4.21. The maximum absolute atomic E-state index is 12.7. The van der Waals surface area contributed by atoms with E-state index in [9.17, 15) is 17.2 Å². The number of nitrogens with one attached hydrogen (secondary N) is 1. The van der Waals surface area contributed by atoms with Gasteiger partial charge in [0.05, 0.1) is 11.6 Å². The number of sulfonamides is 1. The van der Waals surface area contributed by atoms with Crippen molar-refractivity contribution in [3.63, 3.8) is 0 Å². The van der Waals surface area contributed by atoms with Gasteiger partial charge in [0.25, 0.3) is 5.92 Å². The van der Waals surface area contributed by atoms with Gasteiger partial charge in [-0.1, -0.05) is 23.2 Å². The van der Waals surface area contributed by atoms with E-state index in [1.165, 1.54) is 12.1 Å². The molecule has 2 N–H and O–H groups in total. The Bertz CT molecular complexity index is 537. The highest BCUT2D eigenvalue weighted by Crippen LogP contribution is 2.25. The van der Waals surface area contributed by atoms with Crippen LogP contribution in [0.3, 0.4) is 0 Å². The molecule has 1 aromatic carbocycles. The molecule has 0 amide bonds. The number of hydrogen-bond donors (Lipinski definition) is 2. The summed E-state index contributed by atoms with van der Waals surface area (Å²) in [6.07, 6.45) is 0. The van der Waals surface area contributed by atoms with Gasteiger partial charge in [0, 0.05) is 5.02 Å². The van der Waals surface area contributed by atoms with Crippen LogP contribution in [0.4, 0.5) is 8.78 Å². The standard InChI is InChI=1S/C9H9Cl2F2NO3S/c10-6-1-2-7(11)8(3-6)18(16,17)14-4-9(12,13)5-15/h1-3,14-15H,4-5H2. The largest absolute Gasteiger partial charge is 0.390 e. The van der Waals surface area contributed by atoms with Crippen molar-refractivity contribution in [1.82, 2.24) is 4.72 Å². The Hall–Kier alpha value is -0.470. The molecule has 102 valence electrons. The summed E-state index contributed by atoms with van der Waals surface area (Å²) >= 11 is 11.3. The summed E-state index contributed by atoms with van der Waals surface area (Å²) in [5.41, 5.74) is 0. The highest BCUT2D eigenvalue weighted by atomic mass is 35.5. The summed E-state index contributed by atoms with van der Waals surface area (Å²) in [4.78, 5) is -0.398. The van der Waals surface area contributed by atoms with E-state index in [2.05, 4.69) is 0 Å². The molecule has 9 heteroatoms. The van der Waals surface area contributed by atoms with Crippen LogP contribution >= 0.6 is 23.2 Å². The van der Waals surface area contributed by atoms with Crippen molar-refractivity contribution in [2.75, 3.05) is 13.2 Å². The van der Waals surface area contributed by atoms with Crippen molar-refractivity contribution in [1.29, 1.82) is 0 Å². The van der Waals surface area contributed by atoms with Crippen LogP contribution < -0.4 is 4.72 Å². The minimum atomic E-state index is -4.21. The van der Waals surface area contributed by atoms with Gasteiger partial charge in [0.2, 0.25) is 10.0 Å². The quantitative estimate of drug-likeness (QED) is 0.871. The van der Waals surface area contributed by atoms with E-state index in [4.69, 9.17) is 28.3 Å². The van der Waals surface area contributed by atoms with Crippen molar-refractivity contribution < 1.29 is 22.3 Å². The van der Waals surface area contributed by atoms with Crippen molar-refractivity contribution in [3.8, 4) is 0 Å². The monoisotopic (exact) mass is 319 g/mol. The first-order valence-corrected chi connectivity index (χ1v) is 6.85. The van der Waals surface area contributed by atoms with Crippen LogP contribution in [0.5, 0.6) is 0 Å². The highest BCUT2D eigenvalue weighted by molar-refractivity contribution is 7.89. The third kappa shape index (κ3) is 4.03. The first-order chi connectivity index (χ1) is 8.18. The normalized spacial score (nSPS) is 12.7. The Balaban J connectivity index is 2.97. The average molecular weight is 320 g/mol. The fourth-order valence-corrected chi connectivity index (χ4v) is 2.84. The van der Waals surface area contributed by atoms with E-state index in [0.29, 0.717) is 0 Å². The molecule has 18 heavy (non-hydrogen) atoms. The van der Waals surface area contributed by atoms with Gasteiger partial charge in [-0.05, 0) is 18.2 Å². The summed E-state index contributed by atoms with van der Waals surface area (Å²) < 4.78 is 50.5. The number of aliphatic hydroxyl groups excluding tert-OH is 1. The highest BCUT2D eigenvalue weighted by Gasteiger charge is 2.30.